The molecule has 6 N–H and O–H groups in total. The van der Waals surface area contributed by atoms with Crippen LogP contribution in [0.5, 0.6) is 0 Å². The van der Waals surface area contributed by atoms with E-state index >= 15 is 0 Å². The number of primary amides is 1. The van der Waals surface area contributed by atoms with Crippen molar-refractivity contribution in [3.63, 3.8) is 0 Å². The number of hydrogen-bond donors (Lipinski definition) is 5. The maximum absolute atomic E-state index is 13.0. The number of anilines is 1. The minimum Gasteiger partial charge on any atom is -0.366 e. The van der Waals surface area contributed by atoms with E-state index < -0.39 is 17.6 Å². The largest absolute Gasteiger partial charge is 0.366 e. The molecule has 1 saturated heterocycles. The van der Waals surface area contributed by atoms with Crippen LogP contribution in [0.2, 0.25) is 0 Å². The van der Waals surface area contributed by atoms with Gasteiger partial charge < -0.3 is 26.6 Å². The smallest absolute Gasteiger partial charge is 0.252 e. The van der Waals surface area contributed by atoms with E-state index in [1.165, 1.54) is 0 Å². The Morgan fingerprint density at radius 1 is 1.24 bits per heavy atom. The molecule has 9 heteroatoms. The molecule has 2 aromatic rings. The number of ketones is 1. The highest BCUT2D eigenvalue weighted by Gasteiger charge is 2.42. The average molecular weight is 448 g/mol. The molecule has 1 aromatic carbocycles. The number of benzene rings is 1. The predicted octanol–water partition coefficient (Wildman–Crippen LogP) is 0.656. The van der Waals surface area contributed by atoms with Gasteiger partial charge in [-0.1, -0.05) is 30.3 Å². The van der Waals surface area contributed by atoms with Crippen LogP contribution in [0, 0.1) is 0 Å². The molecule has 0 spiro atoms. The van der Waals surface area contributed by atoms with E-state index in [0.29, 0.717) is 43.3 Å². The monoisotopic (exact) mass is 447 g/mol. The minimum atomic E-state index is -1.13. The van der Waals surface area contributed by atoms with Crippen molar-refractivity contribution in [1.29, 1.82) is 0 Å². The van der Waals surface area contributed by atoms with Crippen LogP contribution in [0.25, 0.3) is 0 Å². The summed E-state index contributed by atoms with van der Waals surface area (Å²) in [6.07, 6.45) is 6.96. The summed E-state index contributed by atoms with van der Waals surface area (Å²) in [7, 11) is 0. The van der Waals surface area contributed by atoms with Gasteiger partial charge in [0.1, 0.15) is 23.1 Å². The number of nitrogens with two attached hydrogens (primary N) is 1. The number of hydrogen-bond acceptors (Lipinski definition) is 8. The van der Waals surface area contributed by atoms with Gasteiger partial charge in [0.25, 0.3) is 5.91 Å². The van der Waals surface area contributed by atoms with Crippen LogP contribution in [0.1, 0.15) is 12.5 Å². The number of piperazine rings is 1. The Hall–Kier alpha value is -3.69. The molecule has 0 saturated carbocycles. The van der Waals surface area contributed by atoms with Gasteiger partial charge in [-0.25, -0.2) is 0 Å². The van der Waals surface area contributed by atoms with Crippen LogP contribution in [-0.4, -0.2) is 52.9 Å². The molecule has 33 heavy (non-hydrogen) atoms. The predicted molar refractivity (Wildman–Crippen MR) is 126 cm³/mol. The standard InChI is InChI=1S/C24H29N7O2/c1-17(32)20-16-27-12-13-31(20)23-21(22(25)33)24(9-11-28-23,30-19-8-5-10-26-15-19)29-14-18-6-3-2-4-7-18/h2-11,15,20,27-30H,12-14,16H2,1H3,(H2,25,33). The summed E-state index contributed by atoms with van der Waals surface area (Å²) < 4.78 is 0. The lowest BCUT2D eigenvalue weighted by Gasteiger charge is -2.44. The number of Topliss-reactive ketones (excluding diaryl/α,β-unsaturated/α-hetero) is 1. The fourth-order valence-electron chi connectivity index (χ4n) is 4.26. The molecule has 3 heterocycles. The topological polar surface area (TPSA) is 124 Å². The third-order valence-electron chi connectivity index (χ3n) is 5.85. The van der Waals surface area contributed by atoms with Gasteiger partial charge in [0.15, 0.2) is 5.78 Å². The molecule has 2 aliphatic rings. The van der Waals surface area contributed by atoms with Crippen molar-refractivity contribution < 1.29 is 9.59 Å². The lowest BCUT2D eigenvalue weighted by Crippen LogP contribution is -2.61. The fourth-order valence-corrected chi connectivity index (χ4v) is 4.26. The molecule has 2 atom stereocenters. The van der Waals surface area contributed by atoms with Crippen LogP contribution in [-0.2, 0) is 16.1 Å². The zero-order valence-electron chi connectivity index (χ0n) is 18.5. The second kappa shape index (κ2) is 9.85. The molecule has 1 amide bonds. The molecular weight excluding hydrogens is 418 g/mol. The Balaban J connectivity index is 1.79. The number of aromatic nitrogens is 1. The maximum Gasteiger partial charge on any atom is 0.252 e. The number of carbonyl (C=O) groups is 2. The molecule has 4 rings (SSSR count). The molecule has 9 nitrogen and oxygen atoms in total. The Morgan fingerprint density at radius 2 is 2.06 bits per heavy atom. The third kappa shape index (κ3) is 4.89. The summed E-state index contributed by atoms with van der Waals surface area (Å²) in [6.45, 7) is 3.77. The molecule has 0 radical (unpaired) electrons. The molecule has 2 unspecified atom stereocenters. The van der Waals surface area contributed by atoms with Crippen LogP contribution >= 0.6 is 0 Å². The zero-order valence-corrected chi connectivity index (χ0v) is 18.5. The van der Waals surface area contributed by atoms with E-state index in [1.807, 2.05) is 53.4 Å². The molecular formula is C24H29N7O2. The van der Waals surface area contributed by atoms with Crippen LogP contribution < -0.4 is 27.0 Å². The van der Waals surface area contributed by atoms with Crippen LogP contribution in [0.3, 0.4) is 0 Å². The minimum absolute atomic E-state index is 0.0120. The van der Waals surface area contributed by atoms with E-state index in [0.717, 1.165) is 5.56 Å². The summed E-state index contributed by atoms with van der Waals surface area (Å²) in [6, 6.07) is 13.2. The van der Waals surface area contributed by atoms with Crippen molar-refractivity contribution in [3.8, 4) is 0 Å². The third-order valence-corrected chi connectivity index (χ3v) is 5.85. The normalized spacial score (nSPS) is 22.6. The SMILES string of the molecule is CC(=O)C1CNCCN1C1=C(C(N)=O)C(NCc2ccccc2)(Nc2cccnc2)C=CN1. The van der Waals surface area contributed by atoms with Gasteiger partial charge in [0.2, 0.25) is 0 Å². The van der Waals surface area contributed by atoms with Gasteiger partial charge in [-0.05, 0) is 30.7 Å². The van der Waals surface area contributed by atoms with Crippen molar-refractivity contribution in [2.24, 2.45) is 5.73 Å². The first-order chi connectivity index (χ1) is 16.0. The Bertz CT molecular complexity index is 1050. The summed E-state index contributed by atoms with van der Waals surface area (Å²) in [5.74, 6) is -0.0683. The summed E-state index contributed by atoms with van der Waals surface area (Å²) in [5, 5.41) is 13.4. The van der Waals surface area contributed by atoms with Crippen molar-refractivity contribution in [2.45, 2.75) is 25.2 Å². The highest BCUT2D eigenvalue weighted by atomic mass is 16.1. The first-order valence-corrected chi connectivity index (χ1v) is 10.9. The molecule has 1 fully saturated rings. The number of pyridine rings is 1. The van der Waals surface area contributed by atoms with E-state index in [2.05, 4.69) is 26.3 Å². The Labute approximate surface area is 193 Å². The number of nitrogens with one attached hydrogen (secondary N) is 4. The van der Waals surface area contributed by atoms with Gasteiger partial charge in [-0.15, -0.1) is 0 Å². The maximum atomic E-state index is 13.0. The van der Waals surface area contributed by atoms with E-state index in [4.69, 9.17) is 5.73 Å². The van der Waals surface area contributed by atoms with Crippen LogP contribution in [0.4, 0.5) is 5.69 Å². The summed E-state index contributed by atoms with van der Waals surface area (Å²) in [4.78, 5) is 31.5. The van der Waals surface area contributed by atoms with Crippen molar-refractivity contribution in [3.05, 3.63) is 84.1 Å². The van der Waals surface area contributed by atoms with E-state index in [9.17, 15) is 9.59 Å². The van der Waals surface area contributed by atoms with Gasteiger partial charge >= 0.3 is 0 Å². The van der Waals surface area contributed by atoms with Gasteiger partial charge in [-0.2, -0.15) is 0 Å². The first kappa shape index (κ1) is 22.5. The Kier molecular flexibility index (Phi) is 6.71. The summed E-state index contributed by atoms with van der Waals surface area (Å²) in [5.41, 5.74) is 6.93. The highest BCUT2D eigenvalue weighted by molar-refractivity contribution is 5.97. The van der Waals surface area contributed by atoms with Gasteiger partial charge in [-0.3, -0.25) is 19.9 Å². The number of carbonyl (C=O) groups excluding carboxylic acids is 2. The highest BCUT2D eigenvalue weighted by Crippen LogP contribution is 2.30. The second-order valence-corrected chi connectivity index (χ2v) is 8.10. The van der Waals surface area contributed by atoms with Crippen LogP contribution in [0.15, 0.2) is 78.5 Å². The summed E-state index contributed by atoms with van der Waals surface area (Å²) >= 11 is 0. The van der Waals surface area contributed by atoms with Gasteiger partial charge in [0, 0.05) is 44.8 Å². The molecule has 172 valence electrons. The second-order valence-electron chi connectivity index (χ2n) is 8.10. The van der Waals surface area contributed by atoms with E-state index in [-0.39, 0.29) is 5.78 Å². The quantitative estimate of drug-likeness (QED) is 0.374. The fraction of sp³-hybridized carbons (Fsp3) is 0.292. The van der Waals surface area contributed by atoms with E-state index in [1.54, 1.807) is 25.5 Å². The van der Waals surface area contributed by atoms with Crippen molar-refractivity contribution in [1.82, 2.24) is 25.8 Å². The molecule has 0 aliphatic carbocycles. The zero-order chi connectivity index (χ0) is 23.3. The van der Waals surface area contributed by atoms with Crippen molar-refractivity contribution >= 4 is 17.4 Å². The molecule has 0 bridgehead atoms. The van der Waals surface area contributed by atoms with Crippen molar-refractivity contribution in [2.75, 3.05) is 25.0 Å². The first-order valence-electron chi connectivity index (χ1n) is 10.9. The lowest BCUT2D eigenvalue weighted by atomic mass is 9.93. The lowest BCUT2D eigenvalue weighted by molar-refractivity contribution is -0.122. The number of nitrogens with zero attached hydrogens (tertiary/aromatic N) is 2. The average Bonchev–Trinajstić information content (AvgIpc) is 2.83. The van der Waals surface area contributed by atoms with Gasteiger partial charge in [0.05, 0.1) is 5.69 Å². The number of dihydropyridines is 1. The molecule has 1 aromatic heterocycles. The number of rotatable bonds is 8. The molecule has 2 aliphatic heterocycles. The Morgan fingerprint density at radius 3 is 2.76 bits per heavy atom. The number of amides is 1.